The number of thioether (sulfide) groups is 1. The topological polar surface area (TPSA) is 68.2 Å². The zero-order valence-corrected chi connectivity index (χ0v) is 19.8. The van der Waals surface area contributed by atoms with E-state index in [-0.39, 0.29) is 5.91 Å². The summed E-state index contributed by atoms with van der Waals surface area (Å²) in [6, 6.07) is 15.6. The minimum absolute atomic E-state index is 0.140. The van der Waals surface area contributed by atoms with E-state index in [9.17, 15) is 4.79 Å². The molecule has 3 aromatic rings. The monoisotopic (exact) mass is 496 g/mol. The van der Waals surface area contributed by atoms with Crippen molar-refractivity contribution < 1.29 is 9.53 Å². The van der Waals surface area contributed by atoms with Gasteiger partial charge in [-0.15, -0.1) is 10.2 Å². The number of hydrogen-bond acceptors (Lipinski definition) is 6. The van der Waals surface area contributed by atoms with E-state index in [1.54, 1.807) is 4.90 Å². The van der Waals surface area contributed by atoms with Gasteiger partial charge in [-0.25, -0.2) is 0 Å². The normalized spacial score (nSPS) is 15.5. The summed E-state index contributed by atoms with van der Waals surface area (Å²) in [6.07, 6.45) is 1.34. The van der Waals surface area contributed by atoms with Gasteiger partial charge in [0, 0.05) is 17.0 Å². The van der Waals surface area contributed by atoms with Crippen LogP contribution in [0.5, 0.6) is 5.88 Å². The van der Waals surface area contributed by atoms with Gasteiger partial charge in [0.2, 0.25) is 23.2 Å². The summed E-state index contributed by atoms with van der Waals surface area (Å²) in [5.41, 5.74) is 3.84. The first-order valence-electron chi connectivity index (χ1n) is 9.85. The molecule has 0 aliphatic carbocycles. The zero-order valence-electron chi connectivity index (χ0n) is 17.4. The van der Waals surface area contributed by atoms with Gasteiger partial charge in [-0.1, -0.05) is 71.0 Å². The number of rotatable bonds is 4. The molecule has 1 aliphatic heterocycles. The Morgan fingerprint density at radius 1 is 1.19 bits per heavy atom. The first-order valence-corrected chi connectivity index (χ1v) is 11.6. The van der Waals surface area contributed by atoms with Gasteiger partial charge >= 0.3 is 0 Å². The van der Waals surface area contributed by atoms with Crippen LogP contribution in [-0.4, -0.2) is 33.1 Å². The quantitative estimate of drug-likeness (QED) is 0.438. The molecule has 0 bridgehead atoms. The summed E-state index contributed by atoms with van der Waals surface area (Å²) in [5, 5.41) is 9.20. The highest BCUT2D eigenvalue weighted by atomic mass is 79.9. The number of fused-ring (bicyclic) bond motifs is 3. The van der Waals surface area contributed by atoms with E-state index in [4.69, 9.17) is 4.74 Å². The van der Waals surface area contributed by atoms with Crippen molar-refractivity contribution in [3.63, 3.8) is 0 Å². The van der Waals surface area contributed by atoms with Crippen molar-refractivity contribution >= 4 is 45.4 Å². The molecule has 0 spiro atoms. The first-order chi connectivity index (χ1) is 15.0. The van der Waals surface area contributed by atoms with Crippen molar-refractivity contribution in [3.8, 4) is 17.1 Å². The van der Waals surface area contributed by atoms with E-state index in [2.05, 4.69) is 31.1 Å². The third-order valence-corrected chi connectivity index (χ3v) is 5.98. The Labute approximate surface area is 193 Å². The Morgan fingerprint density at radius 2 is 1.97 bits per heavy atom. The third-order valence-electron chi connectivity index (χ3n) is 4.76. The van der Waals surface area contributed by atoms with Gasteiger partial charge in [0.15, 0.2) is 5.69 Å². The van der Waals surface area contributed by atoms with Crippen LogP contribution in [-0.2, 0) is 4.79 Å². The Morgan fingerprint density at radius 3 is 2.68 bits per heavy atom. The number of carbonyl (C=O) groups excluding carboxylic acids is 1. The maximum Gasteiger partial charge on any atom is 0.247 e. The second-order valence-corrected chi connectivity index (χ2v) is 9.15. The molecular formula is C23H21BrN4O2S. The lowest BCUT2D eigenvalue weighted by atomic mass is 10.1. The summed E-state index contributed by atoms with van der Waals surface area (Å²) >= 11 is 5.01. The van der Waals surface area contributed by atoms with E-state index in [1.807, 2.05) is 68.5 Å². The maximum absolute atomic E-state index is 12.8. The van der Waals surface area contributed by atoms with E-state index in [1.165, 1.54) is 18.7 Å². The van der Waals surface area contributed by atoms with Crippen molar-refractivity contribution in [2.45, 2.75) is 32.2 Å². The van der Waals surface area contributed by atoms with E-state index in [0.717, 1.165) is 26.9 Å². The van der Waals surface area contributed by atoms with Gasteiger partial charge in [0.05, 0.1) is 5.69 Å². The fraction of sp³-hybridized carbons (Fsp3) is 0.217. The Bertz CT molecular complexity index is 1150. The number of amides is 1. The molecule has 0 unspecified atom stereocenters. The summed E-state index contributed by atoms with van der Waals surface area (Å²) in [6.45, 7) is 5.51. The zero-order chi connectivity index (χ0) is 22.0. The second kappa shape index (κ2) is 9.20. The Kier molecular flexibility index (Phi) is 6.38. The third kappa shape index (κ3) is 4.50. The number of benzene rings is 2. The average Bonchev–Trinajstić information content (AvgIpc) is 2.89. The number of anilines is 1. The van der Waals surface area contributed by atoms with E-state index in [0.29, 0.717) is 22.4 Å². The highest BCUT2D eigenvalue weighted by Crippen LogP contribution is 2.42. The van der Waals surface area contributed by atoms with Crippen LogP contribution in [0.2, 0.25) is 0 Å². The predicted octanol–water partition coefficient (Wildman–Crippen LogP) is 5.59. The smallest absolute Gasteiger partial charge is 0.247 e. The van der Waals surface area contributed by atoms with Crippen LogP contribution < -0.4 is 9.64 Å². The van der Waals surface area contributed by atoms with Crippen molar-refractivity contribution in [3.05, 3.63) is 64.1 Å². The molecule has 158 valence electrons. The fourth-order valence-electron chi connectivity index (χ4n) is 3.45. The number of aromatic nitrogens is 3. The molecule has 8 heteroatoms. The molecule has 1 amide bonds. The lowest BCUT2D eigenvalue weighted by molar-refractivity contribution is -0.117. The highest BCUT2D eigenvalue weighted by molar-refractivity contribution is 9.10. The van der Waals surface area contributed by atoms with Crippen LogP contribution in [0, 0.1) is 0 Å². The van der Waals surface area contributed by atoms with Crippen molar-refractivity contribution in [2.75, 3.05) is 10.7 Å². The first kappa shape index (κ1) is 21.5. The Balaban J connectivity index is 1.91. The lowest BCUT2D eigenvalue weighted by Crippen LogP contribution is -2.43. The van der Waals surface area contributed by atoms with Crippen LogP contribution in [0.3, 0.4) is 0 Å². The number of hydrogen-bond donors (Lipinski definition) is 0. The lowest BCUT2D eigenvalue weighted by Gasteiger charge is -2.30. The largest absolute Gasteiger partial charge is 0.447 e. The molecule has 1 atom stereocenters. The van der Waals surface area contributed by atoms with Crippen LogP contribution in [0.25, 0.3) is 17.3 Å². The van der Waals surface area contributed by atoms with E-state index < -0.39 is 6.23 Å². The standard InChI is InChI=1S/C23H21BrN4O2S/c1-4-31-23-25-21-20(26-27-23)18-13-17(24)10-11-19(18)28(15(3)29)22(30-21)14(2)12-16-8-6-5-7-9-16/h5-13,22H,4H2,1-3H3/b14-12+/t22-/m0/s1. The maximum atomic E-state index is 12.8. The molecule has 0 N–H and O–H groups in total. The fourth-order valence-corrected chi connectivity index (χ4v) is 4.31. The van der Waals surface area contributed by atoms with Crippen LogP contribution in [0.1, 0.15) is 26.3 Å². The minimum Gasteiger partial charge on any atom is -0.447 e. The highest BCUT2D eigenvalue weighted by Gasteiger charge is 2.34. The van der Waals surface area contributed by atoms with Crippen LogP contribution >= 0.6 is 27.7 Å². The van der Waals surface area contributed by atoms with Crippen LogP contribution in [0.4, 0.5) is 5.69 Å². The molecule has 31 heavy (non-hydrogen) atoms. The number of ether oxygens (including phenoxy) is 1. The van der Waals surface area contributed by atoms with Gasteiger partial charge in [0.1, 0.15) is 0 Å². The second-order valence-electron chi connectivity index (χ2n) is 7.00. The summed E-state index contributed by atoms with van der Waals surface area (Å²) in [4.78, 5) is 19.1. The molecule has 0 saturated carbocycles. The minimum atomic E-state index is -0.671. The number of halogens is 1. The van der Waals surface area contributed by atoms with Gasteiger partial charge in [0.25, 0.3) is 0 Å². The molecule has 2 heterocycles. The van der Waals surface area contributed by atoms with Crippen molar-refractivity contribution in [2.24, 2.45) is 0 Å². The predicted molar refractivity (Wildman–Crippen MR) is 127 cm³/mol. The molecule has 1 aromatic heterocycles. The van der Waals surface area contributed by atoms with Crippen LogP contribution in [0.15, 0.2) is 63.7 Å². The van der Waals surface area contributed by atoms with Gasteiger partial charge in [-0.3, -0.25) is 9.69 Å². The molecule has 0 fully saturated rings. The van der Waals surface area contributed by atoms with Crippen molar-refractivity contribution in [1.29, 1.82) is 0 Å². The number of carbonyl (C=O) groups is 1. The average molecular weight is 497 g/mol. The molecule has 2 aromatic carbocycles. The SMILES string of the molecule is CCSc1nnc2c(n1)O[C@@H](/C(C)=C/c1ccccc1)N(C(C)=O)c1ccc(Br)cc1-2. The van der Waals surface area contributed by atoms with E-state index >= 15 is 0 Å². The van der Waals surface area contributed by atoms with Gasteiger partial charge in [-0.05, 0) is 42.0 Å². The Hall–Kier alpha value is -2.71. The molecule has 1 aliphatic rings. The summed E-state index contributed by atoms with van der Waals surface area (Å²) in [5.74, 6) is 1.04. The summed E-state index contributed by atoms with van der Waals surface area (Å²) in [7, 11) is 0. The molecular weight excluding hydrogens is 476 g/mol. The van der Waals surface area contributed by atoms with Crippen molar-refractivity contribution in [1.82, 2.24) is 15.2 Å². The molecule has 4 rings (SSSR count). The van der Waals surface area contributed by atoms with Gasteiger partial charge in [-0.2, -0.15) is 4.98 Å². The molecule has 0 saturated heterocycles. The molecule has 6 nitrogen and oxygen atoms in total. The number of nitrogens with zero attached hydrogens (tertiary/aromatic N) is 4. The summed E-state index contributed by atoms with van der Waals surface area (Å²) < 4.78 is 7.23. The van der Waals surface area contributed by atoms with Gasteiger partial charge < -0.3 is 4.74 Å². The molecule has 0 radical (unpaired) electrons.